The molecule has 0 saturated carbocycles. The van der Waals surface area contributed by atoms with E-state index in [0.717, 1.165) is 16.1 Å². The average molecular weight is 410 g/mol. The second-order valence-corrected chi connectivity index (χ2v) is 7.51. The van der Waals surface area contributed by atoms with Crippen LogP contribution in [-0.4, -0.2) is 25.7 Å². The lowest BCUT2D eigenvalue weighted by Gasteiger charge is -2.04. The van der Waals surface area contributed by atoms with Gasteiger partial charge in [0.2, 0.25) is 5.82 Å². The molecule has 2 heterocycles. The smallest absolute Gasteiger partial charge is 0.295 e. The first-order valence-corrected chi connectivity index (χ1v) is 9.75. The molecule has 1 amide bonds. The lowest BCUT2D eigenvalue weighted by molar-refractivity contribution is 0.101. The van der Waals surface area contributed by atoms with E-state index in [1.165, 1.54) is 11.3 Å². The molecule has 0 fully saturated rings. The number of thiazole rings is 1. The second kappa shape index (κ2) is 7.53. The first-order chi connectivity index (χ1) is 13.5. The van der Waals surface area contributed by atoms with Gasteiger partial charge in [-0.1, -0.05) is 65.4 Å². The van der Waals surface area contributed by atoms with Crippen LogP contribution in [0.3, 0.4) is 0 Å². The maximum Gasteiger partial charge on any atom is 0.297 e. The van der Waals surface area contributed by atoms with Crippen LogP contribution in [0.1, 0.15) is 22.1 Å². The van der Waals surface area contributed by atoms with Crippen molar-refractivity contribution in [2.24, 2.45) is 0 Å². The predicted octanol–water partition coefficient (Wildman–Crippen LogP) is 4.91. The number of anilines is 1. The van der Waals surface area contributed by atoms with Crippen molar-refractivity contribution < 1.29 is 4.79 Å². The van der Waals surface area contributed by atoms with Gasteiger partial charge in [-0.25, -0.2) is 14.6 Å². The van der Waals surface area contributed by atoms with Crippen molar-refractivity contribution in [3.63, 3.8) is 0 Å². The van der Waals surface area contributed by atoms with Gasteiger partial charge in [0, 0.05) is 0 Å². The Kier molecular flexibility index (Phi) is 4.93. The molecule has 0 aliphatic heterocycles. The number of halogens is 1. The van der Waals surface area contributed by atoms with E-state index < -0.39 is 5.91 Å². The molecule has 0 atom stereocenters. The molecule has 0 radical (unpaired) electrons. The number of hydrogen-bond acceptors (Lipinski definition) is 5. The van der Waals surface area contributed by atoms with E-state index >= 15 is 0 Å². The first-order valence-electron chi connectivity index (χ1n) is 8.55. The number of benzene rings is 2. The number of nitrogens with one attached hydrogen (secondary N) is 1. The van der Waals surface area contributed by atoms with Gasteiger partial charge in [-0.2, -0.15) is 0 Å². The highest BCUT2D eigenvalue weighted by Gasteiger charge is 2.19. The number of aryl methyl sites for hydroxylation is 2. The van der Waals surface area contributed by atoms with E-state index in [2.05, 4.69) is 20.4 Å². The molecule has 4 aromatic rings. The Morgan fingerprint density at radius 2 is 1.75 bits per heavy atom. The van der Waals surface area contributed by atoms with Gasteiger partial charge >= 0.3 is 0 Å². The van der Waals surface area contributed by atoms with Crippen LogP contribution in [0.15, 0.2) is 54.6 Å². The second-order valence-electron chi connectivity index (χ2n) is 6.10. The van der Waals surface area contributed by atoms with Crippen molar-refractivity contribution in [3.8, 4) is 16.1 Å². The molecule has 0 unspecified atom stereocenters. The van der Waals surface area contributed by atoms with E-state index in [1.807, 2.05) is 55.5 Å². The Balaban J connectivity index is 1.59. The summed E-state index contributed by atoms with van der Waals surface area (Å²) in [4.78, 5) is 22.4. The lowest BCUT2D eigenvalue weighted by Crippen LogP contribution is -2.14. The van der Waals surface area contributed by atoms with E-state index in [0.29, 0.717) is 21.7 Å². The Labute approximate surface area is 170 Å². The number of carbonyl (C=O) groups is 1. The molecule has 0 spiro atoms. The third-order valence-electron chi connectivity index (χ3n) is 4.11. The molecule has 0 aliphatic rings. The molecule has 28 heavy (non-hydrogen) atoms. The van der Waals surface area contributed by atoms with E-state index in [1.54, 1.807) is 17.7 Å². The van der Waals surface area contributed by atoms with Gasteiger partial charge in [0.05, 0.1) is 21.3 Å². The fraction of sp³-hybridized carbons (Fsp3) is 0.100. The Hall–Kier alpha value is -3.03. The molecule has 4 rings (SSSR count). The Bertz CT molecular complexity index is 1150. The van der Waals surface area contributed by atoms with Crippen LogP contribution in [0.2, 0.25) is 5.02 Å². The van der Waals surface area contributed by atoms with Crippen LogP contribution in [0.4, 0.5) is 5.13 Å². The highest BCUT2D eigenvalue weighted by molar-refractivity contribution is 7.19. The molecule has 2 aromatic carbocycles. The van der Waals surface area contributed by atoms with Crippen LogP contribution >= 0.6 is 22.9 Å². The fourth-order valence-electron chi connectivity index (χ4n) is 2.80. The van der Waals surface area contributed by atoms with Gasteiger partial charge in [-0.3, -0.25) is 10.1 Å². The van der Waals surface area contributed by atoms with Crippen molar-refractivity contribution in [1.82, 2.24) is 19.7 Å². The molecule has 6 nitrogen and oxygen atoms in total. The summed E-state index contributed by atoms with van der Waals surface area (Å²) in [6, 6.07) is 17.2. The number of rotatable bonds is 4. The summed E-state index contributed by atoms with van der Waals surface area (Å²) >= 11 is 7.65. The topological polar surface area (TPSA) is 72.7 Å². The normalized spacial score (nSPS) is 10.8. The van der Waals surface area contributed by atoms with Crippen LogP contribution in [-0.2, 0) is 0 Å². The van der Waals surface area contributed by atoms with Gasteiger partial charge in [-0.15, -0.1) is 5.10 Å². The molecule has 1 N–H and O–H groups in total. The maximum absolute atomic E-state index is 12.6. The first kappa shape index (κ1) is 18.3. The predicted molar refractivity (Wildman–Crippen MR) is 111 cm³/mol. The molecular weight excluding hydrogens is 394 g/mol. The fourth-order valence-corrected chi connectivity index (χ4v) is 3.98. The summed E-state index contributed by atoms with van der Waals surface area (Å²) in [6.45, 7) is 3.69. The number of carbonyl (C=O) groups excluding carboxylic acids is 1. The van der Waals surface area contributed by atoms with Gasteiger partial charge in [0.1, 0.15) is 5.82 Å². The summed E-state index contributed by atoms with van der Waals surface area (Å²) in [7, 11) is 0. The van der Waals surface area contributed by atoms with Crippen molar-refractivity contribution in [2.45, 2.75) is 13.8 Å². The lowest BCUT2D eigenvalue weighted by atomic mass is 10.2. The third-order valence-corrected chi connectivity index (χ3v) is 5.55. The molecule has 0 saturated heterocycles. The summed E-state index contributed by atoms with van der Waals surface area (Å²) < 4.78 is 1.56. The van der Waals surface area contributed by atoms with Crippen molar-refractivity contribution >= 4 is 34.0 Å². The highest BCUT2D eigenvalue weighted by Crippen LogP contribution is 2.32. The molecule has 140 valence electrons. The van der Waals surface area contributed by atoms with Crippen molar-refractivity contribution in [3.05, 3.63) is 77.0 Å². The third kappa shape index (κ3) is 3.54. The monoisotopic (exact) mass is 409 g/mol. The van der Waals surface area contributed by atoms with Crippen molar-refractivity contribution in [2.75, 3.05) is 5.32 Å². The largest absolute Gasteiger partial charge is 0.297 e. The zero-order chi connectivity index (χ0) is 19.7. The van der Waals surface area contributed by atoms with Gasteiger partial charge < -0.3 is 0 Å². The number of hydrogen-bond donors (Lipinski definition) is 1. The minimum Gasteiger partial charge on any atom is -0.295 e. The molecular formula is C20H16ClN5OS. The Morgan fingerprint density at radius 1 is 1.04 bits per heavy atom. The zero-order valence-corrected chi connectivity index (χ0v) is 16.8. The van der Waals surface area contributed by atoms with Gasteiger partial charge in [0.15, 0.2) is 5.13 Å². The number of aromatic nitrogens is 4. The van der Waals surface area contributed by atoms with Crippen LogP contribution in [0.25, 0.3) is 16.1 Å². The van der Waals surface area contributed by atoms with E-state index in [4.69, 9.17) is 11.6 Å². The minimum atomic E-state index is -0.415. The SMILES string of the molecule is Cc1nc(NC(=O)c2nc(C)n(-c3ccccc3Cl)n2)sc1-c1ccccc1. The summed E-state index contributed by atoms with van der Waals surface area (Å²) in [6.07, 6.45) is 0. The summed E-state index contributed by atoms with van der Waals surface area (Å²) in [5.41, 5.74) is 2.59. The zero-order valence-electron chi connectivity index (χ0n) is 15.2. The van der Waals surface area contributed by atoms with Crippen LogP contribution < -0.4 is 5.32 Å². The molecule has 0 aliphatic carbocycles. The van der Waals surface area contributed by atoms with Crippen LogP contribution in [0.5, 0.6) is 0 Å². The molecule has 2 aromatic heterocycles. The number of para-hydroxylation sites is 1. The highest BCUT2D eigenvalue weighted by atomic mass is 35.5. The van der Waals surface area contributed by atoms with Gasteiger partial charge in [-0.05, 0) is 31.5 Å². The van der Waals surface area contributed by atoms with Crippen molar-refractivity contribution in [1.29, 1.82) is 0 Å². The maximum atomic E-state index is 12.6. The number of nitrogens with zero attached hydrogens (tertiary/aromatic N) is 4. The van der Waals surface area contributed by atoms with Gasteiger partial charge in [0.25, 0.3) is 5.91 Å². The standard InChI is InChI=1S/C20H16ClN5OS/c1-12-17(14-8-4-3-5-9-14)28-20(22-12)24-19(27)18-23-13(2)26(25-18)16-11-7-6-10-15(16)21/h3-11H,1-2H3,(H,22,24,27). The Morgan fingerprint density at radius 3 is 2.50 bits per heavy atom. The average Bonchev–Trinajstić information content (AvgIpc) is 3.25. The summed E-state index contributed by atoms with van der Waals surface area (Å²) in [5.74, 6) is 0.215. The van der Waals surface area contributed by atoms with E-state index in [9.17, 15) is 4.79 Å². The van der Waals surface area contributed by atoms with E-state index in [-0.39, 0.29) is 5.82 Å². The number of amides is 1. The summed E-state index contributed by atoms with van der Waals surface area (Å²) in [5, 5.41) is 8.14. The van der Waals surface area contributed by atoms with Crippen LogP contribution in [0, 0.1) is 13.8 Å². The molecule has 0 bridgehead atoms. The minimum absolute atomic E-state index is 0.0616. The quantitative estimate of drug-likeness (QED) is 0.519. The molecule has 8 heteroatoms.